The molecule has 0 amide bonds. The molecular formula is C17H18FNO. The summed E-state index contributed by atoms with van der Waals surface area (Å²) in [5.74, 6) is 0.580. The van der Waals surface area contributed by atoms with Crippen LogP contribution in [-0.2, 0) is 6.42 Å². The molecule has 2 aromatic carbocycles. The molecule has 0 radical (unpaired) electrons. The van der Waals surface area contributed by atoms with Crippen molar-refractivity contribution >= 4 is 0 Å². The fraction of sp³-hybridized carbons (Fsp3) is 0.294. The molecule has 20 heavy (non-hydrogen) atoms. The molecule has 3 rings (SSSR count). The summed E-state index contributed by atoms with van der Waals surface area (Å²) in [5.41, 5.74) is 9.36. The maximum Gasteiger partial charge on any atom is 0.131 e. The zero-order valence-electron chi connectivity index (χ0n) is 11.5. The standard InChI is InChI=1S/C17H18FNO/c1-11(19)13-7-8-16(18)15(10-13)14-6-2-4-12-5-3-9-20-17(12)14/h2,4,6-8,10-11H,3,5,9,19H2,1H3. The van der Waals surface area contributed by atoms with Crippen molar-refractivity contribution in [3.05, 3.63) is 53.3 Å². The Hall–Kier alpha value is -1.87. The fourth-order valence-corrected chi connectivity index (χ4v) is 2.63. The molecule has 1 unspecified atom stereocenters. The van der Waals surface area contributed by atoms with E-state index >= 15 is 0 Å². The van der Waals surface area contributed by atoms with Crippen molar-refractivity contribution in [2.45, 2.75) is 25.8 Å². The third-order valence-electron chi connectivity index (χ3n) is 3.74. The molecule has 2 aromatic rings. The van der Waals surface area contributed by atoms with Gasteiger partial charge in [0.05, 0.1) is 6.61 Å². The molecule has 0 bridgehead atoms. The van der Waals surface area contributed by atoms with Crippen molar-refractivity contribution in [3.8, 4) is 16.9 Å². The molecule has 1 aliphatic rings. The number of rotatable bonds is 2. The van der Waals surface area contributed by atoms with Crippen LogP contribution in [0.2, 0.25) is 0 Å². The highest BCUT2D eigenvalue weighted by molar-refractivity contribution is 5.73. The average Bonchev–Trinajstić information content (AvgIpc) is 2.47. The second-order valence-corrected chi connectivity index (χ2v) is 5.27. The van der Waals surface area contributed by atoms with Gasteiger partial charge in [0, 0.05) is 17.2 Å². The molecule has 2 N–H and O–H groups in total. The SMILES string of the molecule is CC(N)c1ccc(F)c(-c2cccc3c2OCCC3)c1. The van der Waals surface area contributed by atoms with Gasteiger partial charge in [-0.05, 0) is 43.0 Å². The molecule has 0 saturated heterocycles. The lowest BCUT2D eigenvalue weighted by atomic mass is 9.95. The minimum atomic E-state index is -0.239. The van der Waals surface area contributed by atoms with E-state index in [1.165, 1.54) is 6.07 Å². The van der Waals surface area contributed by atoms with Crippen molar-refractivity contribution in [2.75, 3.05) is 6.61 Å². The monoisotopic (exact) mass is 271 g/mol. The largest absolute Gasteiger partial charge is 0.493 e. The molecular weight excluding hydrogens is 253 g/mol. The van der Waals surface area contributed by atoms with E-state index in [9.17, 15) is 4.39 Å². The average molecular weight is 271 g/mol. The summed E-state index contributed by atoms with van der Waals surface area (Å²) < 4.78 is 20.0. The minimum Gasteiger partial charge on any atom is -0.493 e. The number of aryl methyl sites for hydroxylation is 1. The Balaban J connectivity index is 2.16. The Bertz CT molecular complexity index is 637. The van der Waals surface area contributed by atoms with E-state index in [0.29, 0.717) is 12.2 Å². The highest BCUT2D eigenvalue weighted by Crippen LogP contribution is 2.38. The van der Waals surface area contributed by atoms with Crippen LogP contribution in [0, 0.1) is 5.82 Å². The summed E-state index contributed by atoms with van der Waals surface area (Å²) >= 11 is 0. The second-order valence-electron chi connectivity index (χ2n) is 5.27. The summed E-state index contributed by atoms with van der Waals surface area (Å²) in [6.45, 7) is 2.59. The lowest BCUT2D eigenvalue weighted by Gasteiger charge is -2.21. The van der Waals surface area contributed by atoms with Gasteiger partial charge >= 0.3 is 0 Å². The Morgan fingerprint density at radius 1 is 1.20 bits per heavy atom. The summed E-state index contributed by atoms with van der Waals surface area (Å²) in [7, 11) is 0. The fourth-order valence-electron chi connectivity index (χ4n) is 2.63. The van der Waals surface area contributed by atoms with Crippen molar-refractivity contribution in [3.63, 3.8) is 0 Å². The van der Waals surface area contributed by atoms with E-state index in [0.717, 1.165) is 35.3 Å². The second kappa shape index (κ2) is 5.25. The van der Waals surface area contributed by atoms with Crippen LogP contribution in [0.15, 0.2) is 36.4 Å². The van der Waals surface area contributed by atoms with Crippen molar-refractivity contribution in [1.29, 1.82) is 0 Å². The van der Waals surface area contributed by atoms with Crippen LogP contribution in [-0.4, -0.2) is 6.61 Å². The predicted molar refractivity (Wildman–Crippen MR) is 78.3 cm³/mol. The molecule has 0 aliphatic carbocycles. The molecule has 0 fully saturated rings. The van der Waals surface area contributed by atoms with E-state index in [4.69, 9.17) is 10.5 Å². The molecule has 0 aromatic heterocycles. The van der Waals surface area contributed by atoms with E-state index in [2.05, 4.69) is 0 Å². The molecule has 1 heterocycles. The van der Waals surface area contributed by atoms with Crippen molar-refractivity contribution in [1.82, 2.24) is 0 Å². The van der Waals surface area contributed by atoms with Crippen LogP contribution >= 0.6 is 0 Å². The first-order chi connectivity index (χ1) is 9.66. The lowest BCUT2D eigenvalue weighted by molar-refractivity contribution is 0.289. The van der Waals surface area contributed by atoms with Gasteiger partial charge in [0.2, 0.25) is 0 Å². The van der Waals surface area contributed by atoms with Crippen LogP contribution in [0.5, 0.6) is 5.75 Å². The maximum absolute atomic E-state index is 14.2. The quantitative estimate of drug-likeness (QED) is 0.900. The van der Waals surface area contributed by atoms with Crippen LogP contribution in [0.3, 0.4) is 0 Å². The summed E-state index contributed by atoms with van der Waals surface area (Å²) in [4.78, 5) is 0. The zero-order valence-corrected chi connectivity index (χ0v) is 11.5. The van der Waals surface area contributed by atoms with Crippen molar-refractivity contribution in [2.24, 2.45) is 5.73 Å². The Kier molecular flexibility index (Phi) is 3.45. The molecule has 1 atom stereocenters. The molecule has 1 aliphatic heterocycles. The van der Waals surface area contributed by atoms with Gasteiger partial charge in [-0.3, -0.25) is 0 Å². The number of ether oxygens (including phenoxy) is 1. The number of halogens is 1. The normalized spacial score (nSPS) is 15.3. The number of para-hydroxylation sites is 1. The van der Waals surface area contributed by atoms with Gasteiger partial charge in [-0.15, -0.1) is 0 Å². The number of nitrogens with two attached hydrogens (primary N) is 1. The smallest absolute Gasteiger partial charge is 0.131 e. The first-order valence-corrected chi connectivity index (χ1v) is 6.97. The molecule has 0 spiro atoms. The highest BCUT2D eigenvalue weighted by atomic mass is 19.1. The zero-order chi connectivity index (χ0) is 14.1. The van der Waals surface area contributed by atoms with E-state index in [1.807, 2.05) is 31.2 Å². The predicted octanol–water partition coefficient (Wildman–Crippen LogP) is 3.84. The van der Waals surface area contributed by atoms with Gasteiger partial charge < -0.3 is 10.5 Å². The number of benzene rings is 2. The van der Waals surface area contributed by atoms with Crippen LogP contribution in [0.25, 0.3) is 11.1 Å². The topological polar surface area (TPSA) is 35.2 Å². The van der Waals surface area contributed by atoms with E-state index in [1.54, 1.807) is 6.07 Å². The van der Waals surface area contributed by atoms with Gasteiger partial charge in [-0.25, -0.2) is 4.39 Å². The third-order valence-corrected chi connectivity index (χ3v) is 3.74. The number of hydrogen-bond acceptors (Lipinski definition) is 2. The van der Waals surface area contributed by atoms with Crippen LogP contribution in [0.1, 0.15) is 30.5 Å². The third kappa shape index (κ3) is 2.29. The summed E-state index contributed by atoms with van der Waals surface area (Å²) in [5, 5.41) is 0. The summed E-state index contributed by atoms with van der Waals surface area (Å²) in [6.07, 6.45) is 2.00. The van der Waals surface area contributed by atoms with Gasteiger partial charge in [-0.1, -0.05) is 24.3 Å². The molecule has 2 nitrogen and oxygen atoms in total. The van der Waals surface area contributed by atoms with Gasteiger partial charge in [0.1, 0.15) is 11.6 Å². The molecule has 0 saturated carbocycles. The van der Waals surface area contributed by atoms with Crippen LogP contribution in [0.4, 0.5) is 4.39 Å². The van der Waals surface area contributed by atoms with Crippen molar-refractivity contribution < 1.29 is 9.13 Å². The van der Waals surface area contributed by atoms with E-state index in [-0.39, 0.29) is 11.9 Å². The number of fused-ring (bicyclic) bond motifs is 1. The molecule has 104 valence electrons. The Morgan fingerprint density at radius 2 is 2.05 bits per heavy atom. The molecule has 3 heteroatoms. The Morgan fingerprint density at radius 3 is 2.85 bits per heavy atom. The Labute approximate surface area is 118 Å². The number of hydrogen-bond donors (Lipinski definition) is 1. The van der Waals surface area contributed by atoms with Crippen LogP contribution < -0.4 is 10.5 Å². The van der Waals surface area contributed by atoms with Gasteiger partial charge in [0.25, 0.3) is 0 Å². The first kappa shape index (κ1) is 13.1. The summed E-state index contributed by atoms with van der Waals surface area (Å²) in [6, 6.07) is 10.8. The first-order valence-electron chi connectivity index (χ1n) is 6.97. The van der Waals surface area contributed by atoms with Gasteiger partial charge in [0.15, 0.2) is 0 Å². The van der Waals surface area contributed by atoms with E-state index < -0.39 is 0 Å². The minimum absolute atomic E-state index is 0.116. The highest BCUT2D eigenvalue weighted by Gasteiger charge is 2.18. The maximum atomic E-state index is 14.2. The lowest BCUT2D eigenvalue weighted by Crippen LogP contribution is -2.10. The van der Waals surface area contributed by atoms with Gasteiger partial charge in [-0.2, -0.15) is 0 Å².